The minimum absolute atomic E-state index is 0.342. The molecule has 0 aliphatic carbocycles. The number of hydrogen-bond acceptors (Lipinski definition) is 2. The van der Waals surface area contributed by atoms with Gasteiger partial charge in [0.25, 0.3) is 0 Å². The summed E-state index contributed by atoms with van der Waals surface area (Å²) in [6.45, 7) is 2.07. The lowest BCUT2D eigenvalue weighted by molar-refractivity contribution is 0.200. The van der Waals surface area contributed by atoms with Crippen molar-refractivity contribution in [2.45, 2.75) is 24.3 Å². The van der Waals surface area contributed by atoms with Gasteiger partial charge in [-0.3, -0.25) is 0 Å². The molecule has 0 saturated carbocycles. The minimum Gasteiger partial charge on any atom is -0.392 e. The fourth-order valence-electron chi connectivity index (χ4n) is 1.92. The van der Waals surface area contributed by atoms with Gasteiger partial charge in [0.1, 0.15) is 0 Å². The maximum Gasteiger partial charge on any atom is 0.0674 e. The van der Waals surface area contributed by atoms with E-state index in [2.05, 4.69) is 25.1 Å². The Hall–Kier alpha value is -0.960. The highest BCUT2D eigenvalue weighted by Crippen LogP contribution is 2.23. The predicted octanol–water partition coefficient (Wildman–Crippen LogP) is 4.34. The third-order valence-electron chi connectivity index (χ3n) is 2.79. The lowest BCUT2D eigenvalue weighted by Gasteiger charge is -2.11. The summed E-state index contributed by atoms with van der Waals surface area (Å²) in [6.07, 6.45) is 0.348. The van der Waals surface area contributed by atoms with Gasteiger partial charge < -0.3 is 5.11 Å². The number of aliphatic hydroxyl groups is 1. The van der Waals surface area contributed by atoms with Crippen LogP contribution in [-0.2, 0) is 6.42 Å². The Morgan fingerprint density at radius 2 is 1.95 bits per heavy atom. The first kappa shape index (κ1) is 14.4. The van der Waals surface area contributed by atoms with Gasteiger partial charge in [0.2, 0.25) is 0 Å². The van der Waals surface area contributed by atoms with E-state index in [0.29, 0.717) is 12.2 Å². The Balaban J connectivity index is 1.86. The lowest BCUT2D eigenvalue weighted by Crippen LogP contribution is -2.13. The molecule has 1 nitrogen and oxygen atoms in total. The van der Waals surface area contributed by atoms with E-state index < -0.39 is 0 Å². The fourth-order valence-corrected chi connectivity index (χ4v) is 3.06. The maximum absolute atomic E-state index is 10.1. The number of aliphatic hydroxyl groups excluding tert-OH is 1. The van der Waals surface area contributed by atoms with E-state index in [1.54, 1.807) is 11.8 Å². The first-order valence-electron chi connectivity index (χ1n) is 6.25. The number of aryl methyl sites for hydroxylation is 1. The molecule has 0 aromatic heterocycles. The molecule has 0 saturated heterocycles. The maximum atomic E-state index is 10.1. The molecular formula is C16H17ClOS. The van der Waals surface area contributed by atoms with Crippen LogP contribution in [0.2, 0.25) is 5.02 Å². The summed E-state index contributed by atoms with van der Waals surface area (Å²) in [7, 11) is 0. The van der Waals surface area contributed by atoms with Crippen molar-refractivity contribution >= 4 is 23.4 Å². The first-order valence-corrected chi connectivity index (χ1v) is 7.62. The van der Waals surface area contributed by atoms with Gasteiger partial charge in [0.15, 0.2) is 0 Å². The highest BCUT2D eigenvalue weighted by atomic mass is 35.5. The molecule has 1 N–H and O–H groups in total. The van der Waals surface area contributed by atoms with Crippen molar-refractivity contribution in [1.82, 2.24) is 0 Å². The van der Waals surface area contributed by atoms with E-state index >= 15 is 0 Å². The molecule has 0 aliphatic rings. The topological polar surface area (TPSA) is 20.2 Å². The van der Waals surface area contributed by atoms with Crippen molar-refractivity contribution in [1.29, 1.82) is 0 Å². The van der Waals surface area contributed by atoms with Crippen LogP contribution in [-0.4, -0.2) is 17.0 Å². The first-order chi connectivity index (χ1) is 9.13. The molecule has 2 aromatic rings. The zero-order chi connectivity index (χ0) is 13.7. The molecule has 19 heavy (non-hydrogen) atoms. The van der Waals surface area contributed by atoms with E-state index in [4.69, 9.17) is 11.6 Å². The molecule has 0 fully saturated rings. The largest absolute Gasteiger partial charge is 0.392 e. The van der Waals surface area contributed by atoms with Gasteiger partial charge in [-0.15, -0.1) is 11.8 Å². The third kappa shape index (κ3) is 4.90. The number of rotatable bonds is 5. The van der Waals surface area contributed by atoms with Gasteiger partial charge in [0.05, 0.1) is 6.10 Å². The van der Waals surface area contributed by atoms with Crippen LogP contribution in [0.1, 0.15) is 11.1 Å². The Labute approximate surface area is 123 Å². The zero-order valence-corrected chi connectivity index (χ0v) is 12.4. The van der Waals surface area contributed by atoms with Gasteiger partial charge in [-0.1, -0.05) is 47.5 Å². The molecule has 0 heterocycles. The van der Waals surface area contributed by atoms with Crippen LogP contribution in [0, 0.1) is 6.92 Å². The molecule has 1 unspecified atom stereocenters. The number of hydrogen-bond donors (Lipinski definition) is 1. The van der Waals surface area contributed by atoms with Gasteiger partial charge in [-0.2, -0.15) is 0 Å². The summed E-state index contributed by atoms with van der Waals surface area (Å²) in [5, 5.41) is 10.8. The quantitative estimate of drug-likeness (QED) is 0.827. The molecule has 1 atom stereocenters. The molecule has 2 rings (SSSR count). The van der Waals surface area contributed by atoms with Crippen molar-refractivity contribution < 1.29 is 5.11 Å². The van der Waals surface area contributed by atoms with Crippen LogP contribution < -0.4 is 0 Å². The second-order valence-corrected chi connectivity index (χ2v) is 6.15. The SMILES string of the molecule is Cc1cccc(CC(O)CSc2cccc(Cl)c2)c1. The molecule has 0 radical (unpaired) electrons. The van der Waals surface area contributed by atoms with Crippen LogP contribution in [0.15, 0.2) is 53.4 Å². The van der Waals surface area contributed by atoms with Crippen LogP contribution in [0.25, 0.3) is 0 Å². The van der Waals surface area contributed by atoms with E-state index in [1.807, 2.05) is 30.3 Å². The van der Waals surface area contributed by atoms with Gasteiger partial charge in [-0.05, 0) is 37.1 Å². The van der Waals surface area contributed by atoms with Crippen molar-refractivity contribution in [2.24, 2.45) is 0 Å². The predicted molar refractivity (Wildman–Crippen MR) is 83.1 cm³/mol. The average Bonchev–Trinajstić information content (AvgIpc) is 2.36. The molecule has 3 heteroatoms. The Morgan fingerprint density at radius 1 is 1.16 bits per heavy atom. The Morgan fingerprint density at radius 3 is 2.68 bits per heavy atom. The Bertz CT molecular complexity index is 542. The lowest BCUT2D eigenvalue weighted by atomic mass is 10.1. The summed E-state index contributed by atoms with van der Waals surface area (Å²) in [6, 6.07) is 16.0. The molecule has 100 valence electrons. The number of benzene rings is 2. The summed E-state index contributed by atoms with van der Waals surface area (Å²) < 4.78 is 0. The molecule has 0 bridgehead atoms. The van der Waals surface area contributed by atoms with Crippen molar-refractivity contribution in [2.75, 3.05) is 5.75 Å². The normalized spacial score (nSPS) is 12.4. The minimum atomic E-state index is -0.342. The van der Waals surface area contributed by atoms with Gasteiger partial charge in [-0.25, -0.2) is 0 Å². The summed E-state index contributed by atoms with van der Waals surface area (Å²) in [4.78, 5) is 1.09. The number of thioether (sulfide) groups is 1. The third-order valence-corrected chi connectivity index (χ3v) is 4.17. The second-order valence-electron chi connectivity index (χ2n) is 4.62. The summed E-state index contributed by atoms with van der Waals surface area (Å²) >= 11 is 7.56. The fraction of sp³-hybridized carbons (Fsp3) is 0.250. The van der Waals surface area contributed by atoms with Crippen molar-refractivity contribution in [3.63, 3.8) is 0 Å². The second kappa shape index (κ2) is 6.99. The smallest absolute Gasteiger partial charge is 0.0674 e. The summed E-state index contributed by atoms with van der Waals surface area (Å²) in [5.74, 6) is 0.675. The standard InChI is InChI=1S/C16H17ClOS/c1-12-4-2-5-13(8-12)9-15(18)11-19-16-7-3-6-14(17)10-16/h2-8,10,15,18H,9,11H2,1H3. The zero-order valence-electron chi connectivity index (χ0n) is 10.8. The van der Waals surface area contributed by atoms with Crippen LogP contribution in [0.3, 0.4) is 0 Å². The van der Waals surface area contributed by atoms with Gasteiger partial charge >= 0.3 is 0 Å². The van der Waals surface area contributed by atoms with E-state index in [9.17, 15) is 5.11 Å². The highest BCUT2D eigenvalue weighted by molar-refractivity contribution is 7.99. The molecule has 2 aromatic carbocycles. The molecule has 0 spiro atoms. The van der Waals surface area contributed by atoms with E-state index in [0.717, 1.165) is 9.92 Å². The van der Waals surface area contributed by atoms with Crippen LogP contribution in [0.4, 0.5) is 0 Å². The van der Waals surface area contributed by atoms with E-state index in [-0.39, 0.29) is 6.10 Å². The van der Waals surface area contributed by atoms with Crippen LogP contribution in [0.5, 0.6) is 0 Å². The average molecular weight is 293 g/mol. The molecule has 0 aliphatic heterocycles. The highest BCUT2D eigenvalue weighted by Gasteiger charge is 2.07. The Kier molecular flexibility index (Phi) is 5.32. The molecule has 0 amide bonds. The summed E-state index contributed by atoms with van der Waals surface area (Å²) in [5.41, 5.74) is 2.41. The van der Waals surface area contributed by atoms with Crippen LogP contribution >= 0.6 is 23.4 Å². The van der Waals surface area contributed by atoms with Crippen molar-refractivity contribution in [3.8, 4) is 0 Å². The van der Waals surface area contributed by atoms with Gasteiger partial charge in [0, 0.05) is 15.7 Å². The number of halogens is 1. The van der Waals surface area contributed by atoms with E-state index in [1.165, 1.54) is 11.1 Å². The van der Waals surface area contributed by atoms with Crippen molar-refractivity contribution in [3.05, 3.63) is 64.7 Å². The monoisotopic (exact) mass is 292 g/mol. The molecular weight excluding hydrogens is 276 g/mol.